The summed E-state index contributed by atoms with van der Waals surface area (Å²) in [6, 6.07) is 18.2. The second-order valence-corrected chi connectivity index (χ2v) is 5.57. The van der Waals surface area contributed by atoms with Gasteiger partial charge in [-0.25, -0.2) is 4.99 Å². The summed E-state index contributed by atoms with van der Waals surface area (Å²) in [6.07, 6.45) is 0. The molecule has 6 heteroatoms. The van der Waals surface area contributed by atoms with Gasteiger partial charge in [0.05, 0.1) is 11.8 Å². The topological polar surface area (TPSA) is 91.3 Å². The van der Waals surface area contributed by atoms with Gasteiger partial charge in [-0.3, -0.25) is 4.79 Å². The van der Waals surface area contributed by atoms with E-state index >= 15 is 0 Å². The first-order chi connectivity index (χ1) is 11.6. The number of primary amides is 1. The zero-order valence-corrected chi connectivity index (χ0v) is 13.3. The van der Waals surface area contributed by atoms with Crippen molar-refractivity contribution in [3.63, 3.8) is 0 Å². The van der Waals surface area contributed by atoms with Crippen LogP contribution in [0, 0.1) is 11.3 Å². The minimum atomic E-state index is -0.759. The van der Waals surface area contributed by atoms with Gasteiger partial charge in [-0.2, -0.15) is 5.26 Å². The molecule has 0 aromatic heterocycles. The molecule has 1 atom stereocenters. The van der Waals surface area contributed by atoms with Crippen LogP contribution in [0.2, 0.25) is 5.02 Å². The van der Waals surface area contributed by atoms with Gasteiger partial charge in [0.25, 0.3) is 5.91 Å². The van der Waals surface area contributed by atoms with Gasteiger partial charge in [-0.15, -0.1) is 0 Å². The summed E-state index contributed by atoms with van der Waals surface area (Å²) in [5.41, 5.74) is 7.47. The van der Waals surface area contributed by atoms with Gasteiger partial charge >= 0.3 is 0 Å². The molecule has 24 heavy (non-hydrogen) atoms. The molecule has 1 unspecified atom stereocenters. The van der Waals surface area contributed by atoms with Crippen LogP contribution in [0.15, 0.2) is 71.0 Å². The summed E-state index contributed by atoms with van der Waals surface area (Å²) < 4.78 is 0. The van der Waals surface area contributed by atoms with Crippen molar-refractivity contribution in [2.24, 2.45) is 10.7 Å². The maximum absolute atomic E-state index is 11.7. The van der Waals surface area contributed by atoms with Gasteiger partial charge in [0.15, 0.2) is 5.70 Å². The third-order valence-electron chi connectivity index (χ3n) is 3.66. The van der Waals surface area contributed by atoms with E-state index in [1.165, 1.54) is 0 Å². The molecule has 1 heterocycles. The molecule has 0 saturated carbocycles. The summed E-state index contributed by atoms with van der Waals surface area (Å²) in [5, 5.41) is 12.9. The number of allylic oxidation sites excluding steroid dienone is 1. The third-order valence-corrected chi connectivity index (χ3v) is 4.01. The highest BCUT2D eigenvalue weighted by molar-refractivity contribution is 6.32. The number of nitriles is 1. The number of benzene rings is 2. The first-order valence-corrected chi connectivity index (χ1v) is 7.58. The fraction of sp³-hybridized carbons (Fsp3) is 0.0556. The molecule has 1 aliphatic heterocycles. The van der Waals surface area contributed by atoms with E-state index in [1.54, 1.807) is 6.07 Å². The summed E-state index contributed by atoms with van der Waals surface area (Å²) in [7, 11) is 0. The highest BCUT2D eigenvalue weighted by Gasteiger charge is 2.29. The number of rotatable bonds is 3. The van der Waals surface area contributed by atoms with Crippen LogP contribution in [0.4, 0.5) is 0 Å². The van der Waals surface area contributed by atoms with Crippen LogP contribution in [-0.2, 0) is 4.79 Å². The first kappa shape index (κ1) is 15.8. The van der Waals surface area contributed by atoms with Crippen molar-refractivity contribution < 1.29 is 4.79 Å². The molecular formula is C18H13ClN4O. The number of nitrogens with zero attached hydrogens (tertiary/aromatic N) is 2. The molecule has 2 aromatic rings. The molecule has 3 N–H and O–H groups in total. The Morgan fingerprint density at radius 1 is 1.17 bits per heavy atom. The van der Waals surface area contributed by atoms with Crippen molar-refractivity contribution in [3.05, 3.63) is 82.1 Å². The van der Waals surface area contributed by atoms with E-state index in [1.807, 2.05) is 54.6 Å². The summed E-state index contributed by atoms with van der Waals surface area (Å²) in [5.74, 6) is -0.759. The van der Waals surface area contributed by atoms with E-state index in [9.17, 15) is 10.1 Å². The molecule has 5 nitrogen and oxygen atoms in total. The Morgan fingerprint density at radius 2 is 1.83 bits per heavy atom. The van der Waals surface area contributed by atoms with E-state index in [0.29, 0.717) is 10.7 Å². The average molecular weight is 337 g/mol. The number of halogens is 1. The monoisotopic (exact) mass is 336 g/mol. The molecule has 0 spiro atoms. The molecule has 0 saturated heterocycles. The fourth-order valence-corrected chi connectivity index (χ4v) is 2.80. The molecule has 1 amide bonds. The Labute approximate surface area is 144 Å². The zero-order chi connectivity index (χ0) is 17.1. The standard InChI is InChI=1S/C18H13ClN4O/c19-13-9-5-4-8-12(13)16-15(11-6-2-1-3-7-11)23-17(18(21)24)14(10-20)22-16/h1-9,16,22H,(H2,21,24). The number of hydrogen-bond donors (Lipinski definition) is 2. The number of carbonyl (C=O) groups is 1. The van der Waals surface area contributed by atoms with Gasteiger partial charge in [0.2, 0.25) is 0 Å². The normalized spacial score (nSPS) is 16.8. The molecule has 0 bridgehead atoms. The molecule has 2 aromatic carbocycles. The Hall–Kier alpha value is -3.10. The predicted molar refractivity (Wildman–Crippen MR) is 92.1 cm³/mol. The molecule has 0 fully saturated rings. The van der Waals surface area contributed by atoms with Gasteiger partial charge in [-0.1, -0.05) is 60.1 Å². The number of nitrogens with one attached hydrogen (secondary N) is 1. The summed E-state index contributed by atoms with van der Waals surface area (Å²) >= 11 is 6.31. The van der Waals surface area contributed by atoms with Crippen molar-refractivity contribution in [3.8, 4) is 6.07 Å². The van der Waals surface area contributed by atoms with E-state index in [-0.39, 0.29) is 11.4 Å². The van der Waals surface area contributed by atoms with Crippen molar-refractivity contribution >= 4 is 23.2 Å². The van der Waals surface area contributed by atoms with Crippen LogP contribution in [0.3, 0.4) is 0 Å². The summed E-state index contributed by atoms with van der Waals surface area (Å²) in [6.45, 7) is 0. The lowest BCUT2D eigenvalue weighted by Crippen LogP contribution is -2.35. The van der Waals surface area contributed by atoms with Gasteiger partial charge in [0, 0.05) is 5.02 Å². The minimum Gasteiger partial charge on any atom is -0.364 e. The Kier molecular flexibility index (Phi) is 4.32. The smallest absolute Gasteiger partial charge is 0.270 e. The van der Waals surface area contributed by atoms with E-state index in [0.717, 1.165) is 11.1 Å². The zero-order valence-electron chi connectivity index (χ0n) is 12.5. The highest BCUT2D eigenvalue weighted by atomic mass is 35.5. The van der Waals surface area contributed by atoms with E-state index < -0.39 is 11.9 Å². The van der Waals surface area contributed by atoms with E-state index in [2.05, 4.69) is 10.3 Å². The Morgan fingerprint density at radius 3 is 2.46 bits per heavy atom. The fourth-order valence-electron chi connectivity index (χ4n) is 2.56. The van der Waals surface area contributed by atoms with E-state index in [4.69, 9.17) is 17.3 Å². The molecule has 0 radical (unpaired) electrons. The second-order valence-electron chi connectivity index (χ2n) is 5.16. The Balaban J connectivity index is 2.20. The van der Waals surface area contributed by atoms with Crippen LogP contribution in [0.5, 0.6) is 0 Å². The largest absolute Gasteiger partial charge is 0.364 e. The molecular weight excluding hydrogens is 324 g/mol. The van der Waals surface area contributed by atoms with Crippen molar-refractivity contribution in [2.45, 2.75) is 6.04 Å². The van der Waals surface area contributed by atoms with Crippen LogP contribution in [0.25, 0.3) is 0 Å². The minimum absolute atomic E-state index is 0.0344. The van der Waals surface area contributed by atoms with Gasteiger partial charge in [0.1, 0.15) is 11.8 Å². The van der Waals surface area contributed by atoms with Gasteiger partial charge in [-0.05, 0) is 17.2 Å². The van der Waals surface area contributed by atoms with Crippen LogP contribution < -0.4 is 11.1 Å². The molecule has 118 valence electrons. The lowest BCUT2D eigenvalue weighted by Gasteiger charge is -2.27. The van der Waals surface area contributed by atoms with Crippen LogP contribution >= 0.6 is 11.6 Å². The maximum Gasteiger partial charge on any atom is 0.270 e. The average Bonchev–Trinajstić information content (AvgIpc) is 2.61. The number of carbonyl (C=O) groups excluding carboxylic acids is 1. The highest BCUT2D eigenvalue weighted by Crippen LogP contribution is 2.30. The van der Waals surface area contributed by atoms with Crippen molar-refractivity contribution in [2.75, 3.05) is 0 Å². The Bertz CT molecular complexity index is 897. The molecule has 1 aliphatic rings. The quantitative estimate of drug-likeness (QED) is 0.902. The number of aliphatic imine (C=N–C) groups is 1. The molecule has 3 rings (SSSR count). The van der Waals surface area contributed by atoms with Crippen LogP contribution in [0.1, 0.15) is 17.2 Å². The maximum atomic E-state index is 11.7. The first-order valence-electron chi connectivity index (χ1n) is 7.21. The third kappa shape index (κ3) is 2.87. The number of hydrogen-bond acceptors (Lipinski definition) is 4. The van der Waals surface area contributed by atoms with Crippen molar-refractivity contribution in [1.29, 1.82) is 5.26 Å². The van der Waals surface area contributed by atoms with Gasteiger partial charge < -0.3 is 11.1 Å². The molecule has 0 aliphatic carbocycles. The number of amides is 1. The lowest BCUT2D eigenvalue weighted by molar-refractivity contribution is -0.114. The second kappa shape index (κ2) is 6.57. The predicted octanol–water partition coefficient (Wildman–Crippen LogP) is 2.69. The van der Waals surface area contributed by atoms with Crippen molar-refractivity contribution in [1.82, 2.24) is 5.32 Å². The number of nitrogens with two attached hydrogens (primary N) is 1. The lowest BCUT2D eigenvalue weighted by atomic mass is 9.94. The SMILES string of the molecule is N#CC1=C(C(N)=O)N=C(c2ccccc2)C(c2ccccc2Cl)N1. The van der Waals surface area contributed by atoms with Crippen LogP contribution in [-0.4, -0.2) is 11.6 Å². The summed E-state index contributed by atoms with van der Waals surface area (Å²) in [4.78, 5) is 16.0.